The third-order valence-electron chi connectivity index (χ3n) is 8.36. The molecule has 47 heavy (non-hydrogen) atoms. The minimum atomic E-state index is 0.509. The van der Waals surface area contributed by atoms with Crippen molar-refractivity contribution in [1.29, 1.82) is 0 Å². The molecule has 1 aliphatic rings. The number of aldehydes is 2. The van der Waals surface area contributed by atoms with Gasteiger partial charge in [-0.1, -0.05) is 104 Å². The maximum atomic E-state index is 9.60. The van der Waals surface area contributed by atoms with E-state index in [0.717, 1.165) is 38.1 Å². The Bertz CT molecular complexity index is 926. The van der Waals surface area contributed by atoms with E-state index in [-0.39, 0.29) is 0 Å². The summed E-state index contributed by atoms with van der Waals surface area (Å²) in [6.07, 6.45) is 16.0. The van der Waals surface area contributed by atoms with E-state index in [9.17, 15) is 4.79 Å². The molecule has 274 valence electrons. The van der Waals surface area contributed by atoms with Crippen LogP contribution < -0.4 is 0 Å². The standard InChI is InChI=1S/C26H40.C5H10O2.C5H12O.C5H12.C2H4O/c1-8-10-11-12-22-16-21(7)26(24(17-22)20(6)9-2)25-15-19(5)13-14-23(25)18(3)4;1-2-7-5-3-4-6;1-3-5-6-4-2;1-4-5(2)3;1-2-3/h15-17,20,23,25H,3,8-14H2,1-2,4-7H3;4H,2-3,5H2,1H3;3-5H2,1-2H3;5H,4H2,1-3H3;2H,1H3. The number of hydrogen-bond acceptors (Lipinski definition) is 4. The SMILES string of the molecule is C=C(C)C1CCC(C)=CC1c1c(C)cc(CCCCC)cc1C(C)CC.CC=O.CCC(C)C.CCCOCC.CCOCCC=O. The summed E-state index contributed by atoms with van der Waals surface area (Å²) in [6, 6.07) is 5.02. The molecule has 3 atom stereocenters. The van der Waals surface area contributed by atoms with E-state index in [1.165, 1.54) is 69.4 Å². The molecule has 1 aromatic rings. The Morgan fingerprint density at radius 3 is 1.91 bits per heavy atom. The van der Waals surface area contributed by atoms with Crippen molar-refractivity contribution in [2.45, 2.75) is 166 Å². The minimum Gasteiger partial charge on any atom is -0.382 e. The number of hydrogen-bond donors (Lipinski definition) is 0. The third kappa shape index (κ3) is 25.6. The highest BCUT2D eigenvalue weighted by atomic mass is 16.5. The molecule has 0 aliphatic heterocycles. The first-order valence-electron chi connectivity index (χ1n) is 18.8. The smallest absolute Gasteiger partial charge is 0.122 e. The van der Waals surface area contributed by atoms with Crippen molar-refractivity contribution >= 4 is 12.6 Å². The minimum absolute atomic E-state index is 0.509. The van der Waals surface area contributed by atoms with Crippen molar-refractivity contribution in [1.82, 2.24) is 0 Å². The molecule has 1 aliphatic carbocycles. The highest BCUT2D eigenvalue weighted by molar-refractivity contribution is 5.49. The summed E-state index contributed by atoms with van der Waals surface area (Å²) in [7, 11) is 0. The number of aryl methyl sites for hydroxylation is 2. The van der Waals surface area contributed by atoms with Crippen LogP contribution in [0.4, 0.5) is 0 Å². The van der Waals surface area contributed by atoms with Gasteiger partial charge in [-0.25, -0.2) is 0 Å². The zero-order chi connectivity index (χ0) is 36.6. The van der Waals surface area contributed by atoms with Crippen LogP contribution in [-0.2, 0) is 25.5 Å². The van der Waals surface area contributed by atoms with E-state index in [1.54, 1.807) is 22.3 Å². The van der Waals surface area contributed by atoms with Crippen LogP contribution in [0.25, 0.3) is 0 Å². The van der Waals surface area contributed by atoms with Gasteiger partial charge in [-0.05, 0) is 120 Å². The molecule has 0 amide bonds. The van der Waals surface area contributed by atoms with Gasteiger partial charge < -0.3 is 19.1 Å². The highest BCUT2D eigenvalue weighted by Gasteiger charge is 2.29. The molecule has 0 spiro atoms. The number of unbranched alkanes of at least 4 members (excludes halogenated alkanes) is 2. The molecule has 0 aromatic heterocycles. The lowest BCUT2D eigenvalue weighted by Gasteiger charge is -2.34. The largest absolute Gasteiger partial charge is 0.382 e. The van der Waals surface area contributed by atoms with Crippen molar-refractivity contribution in [3.05, 3.63) is 58.2 Å². The molecule has 0 fully saturated rings. The Hall–Kier alpha value is -2.04. The fourth-order valence-electron chi connectivity index (χ4n) is 5.18. The fourth-order valence-corrected chi connectivity index (χ4v) is 5.18. The van der Waals surface area contributed by atoms with Gasteiger partial charge in [0.25, 0.3) is 0 Å². The summed E-state index contributed by atoms with van der Waals surface area (Å²) in [6.45, 7) is 35.4. The van der Waals surface area contributed by atoms with Crippen LogP contribution in [0.2, 0.25) is 0 Å². The summed E-state index contributed by atoms with van der Waals surface area (Å²) in [5.74, 6) is 2.60. The average molecular weight is 659 g/mol. The first kappa shape index (κ1) is 49.3. The second kappa shape index (κ2) is 33.8. The van der Waals surface area contributed by atoms with Gasteiger partial charge in [0, 0.05) is 32.2 Å². The van der Waals surface area contributed by atoms with Gasteiger partial charge in [0.2, 0.25) is 0 Å². The Labute approximate surface area is 293 Å². The number of allylic oxidation sites excluding steroid dienone is 3. The van der Waals surface area contributed by atoms with Gasteiger partial charge in [-0.15, -0.1) is 0 Å². The normalized spacial score (nSPS) is 15.6. The molecule has 0 saturated carbocycles. The Morgan fingerprint density at radius 2 is 1.49 bits per heavy atom. The quantitative estimate of drug-likeness (QED) is 0.101. The summed E-state index contributed by atoms with van der Waals surface area (Å²) in [4.78, 5) is 18.4. The maximum absolute atomic E-state index is 9.60. The topological polar surface area (TPSA) is 52.6 Å². The summed E-state index contributed by atoms with van der Waals surface area (Å²) >= 11 is 0. The summed E-state index contributed by atoms with van der Waals surface area (Å²) in [5, 5.41) is 0. The molecule has 0 heterocycles. The molecule has 4 nitrogen and oxygen atoms in total. The van der Waals surface area contributed by atoms with E-state index < -0.39 is 0 Å². The van der Waals surface area contributed by atoms with Crippen molar-refractivity contribution in [3.63, 3.8) is 0 Å². The van der Waals surface area contributed by atoms with Gasteiger partial charge >= 0.3 is 0 Å². The van der Waals surface area contributed by atoms with Crippen molar-refractivity contribution < 1.29 is 19.1 Å². The molecular formula is C43H78O4. The van der Waals surface area contributed by atoms with Crippen molar-refractivity contribution in [3.8, 4) is 0 Å². The average Bonchev–Trinajstić information content (AvgIpc) is 3.04. The molecular weight excluding hydrogens is 580 g/mol. The Balaban J connectivity index is -0.000000747. The van der Waals surface area contributed by atoms with Gasteiger partial charge in [0.1, 0.15) is 12.6 Å². The van der Waals surface area contributed by atoms with Gasteiger partial charge in [0.05, 0.1) is 6.61 Å². The van der Waals surface area contributed by atoms with Crippen LogP contribution in [0.1, 0.15) is 175 Å². The van der Waals surface area contributed by atoms with E-state index in [0.29, 0.717) is 37.4 Å². The Morgan fingerprint density at radius 1 is 0.915 bits per heavy atom. The van der Waals surface area contributed by atoms with Crippen molar-refractivity contribution in [2.24, 2.45) is 11.8 Å². The first-order valence-corrected chi connectivity index (χ1v) is 18.8. The number of carbonyl (C=O) groups is 2. The molecule has 0 bridgehead atoms. The van der Waals surface area contributed by atoms with Gasteiger partial charge in [-0.2, -0.15) is 0 Å². The number of ether oxygens (including phenoxy) is 2. The van der Waals surface area contributed by atoms with E-state index in [4.69, 9.17) is 14.3 Å². The summed E-state index contributed by atoms with van der Waals surface area (Å²) < 4.78 is 9.83. The second-order valence-corrected chi connectivity index (χ2v) is 13.1. The van der Waals surface area contributed by atoms with Gasteiger partial charge in [0.15, 0.2) is 0 Å². The zero-order valence-corrected chi connectivity index (χ0v) is 33.4. The van der Waals surface area contributed by atoms with Crippen LogP contribution in [0, 0.1) is 18.8 Å². The lowest BCUT2D eigenvalue weighted by molar-refractivity contribution is -0.109. The first-order chi connectivity index (χ1) is 22.4. The van der Waals surface area contributed by atoms with Crippen LogP contribution in [-0.4, -0.2) is 39.0 Å². The number of benzene rings is 1. The Kier molecular flexibility index (Phi) is 35.5. The van der Waals surface area contributed by atoms with Crippen molar-refractivity contribution in [2.75, 3.05) is 26.4 Å². The molecule has 0 N–H and O–H groups in total. The number of carbonyl (C=O) groups excluding carboxylic acids is 2. The highest BCUT2D eigenvalue weighted by Crippen LogP contribution is 2.44. The van der Waals surface area contributed by atoms with Crippen LogP contribution in [0.3, 0.4) is 0 Å². The van der Waals surface area contributed by atoms with E-state index >= 15 is 0 Å². The fraction of sp³-hybridized carbons (Fsp3) is 0.721. The van der Waals surface area contributed by atoms with Crippen LogP contribution >= 0.6 is 0 Å². The molecule has 0 saturated heterocycles. The molecule has 3 unspecified atom stereocenters. The van der Waals surface area contributed by atoms with Crippen LogP contribution in [0.5, 0.6) is 0 Å². The predicted octanol–water partition coefficient (Wildman–Crippen LogP) is 12.6. The predicted molar refractivity (Wildman–Crippen MR) is 208 cm³/mol. The monoisotopic (exact) mass is 659 g/mol. The maximum Gasteiger partial charge on any atom is 0.122 e. The van der Waals surface area contributed by atoms with Crippen LogP contribution in [0.15, 0.2) is 35.9 Å². The van der Waals surface area contributed by atoms with Gasteiger partial charge in [-0.3, -0.25) is 0 Å². The zero-order valence-electron chi connectivity index (χ0n) is 33.4. The van der Waals surface area contributed by atoms with E-state index in [1.807, 2.05) is 13.8 Å². The molecule has 2 rings (SSSR count). The third-order valence-corrected chi connectivity index (χ3v) is 8.36. The molecule has 0 radical (unpaired) electrons. The second-order valence-electron chi connectivity index (χ2n) is 13.1. The van der Waals surface area contributed by atoms with E-state index in [2.05, 4.69) is 94.0 Å². The number of rotatable bonds is 16. The summed E-state index contributed by atoms with van der Waals surface area (Å²) in [5.41, 5.74) is 9.14. The molecule has 1 aromatic carbocycles. The lowest BCUT2D eigenvalue weighted by Crippen LogP contribution is -2.20. The lowest BCUT2D eigenvalue weighted by atomic mass is 9.70. The molecule has 4 heteroatoms.